The van der Waals surface area contributed by atoms with Crippen LogP contribution in [0.3, 0.4) is 0 Å². The highest BCUT2D eigenvalue weighted by molar-refractivity contribution is 6.24. The lowest BCUT2D eigenvalue weighted by molar-refractivity contribution is 0.0697. The van der Waals surface area contributed by atoms with Gasteiger partial charge < -0.3 is 10.8 Å². The molecule has 0 fully saturated rings. The summed E-state index contributed by atoms with van der Waals surface area (Å²) in [5.74, 6) is -1.21. The maximum absolute atomic E-state index is 12.2. The van der Waals surface area contributed by atoms with Crippen LogP contribution in [-0.2, 0) is 0 Å². The number of aromatic carboxylic acids is 1. The molecule has 0 aromatic heterocycles. The van der Waals surface area contributed by atoms with E-state index >= 15 is 0 Å². The van der Waals surface area contributed by atoms with Crippen molar-refractivity contribution in [2.75, 3.05) is 5.73 Å². The van der Waals surface area contributed by atoms with E-state index in [0.29, 0.717) is 27.9 Å². The van der Waals surface area contributed by atoms with Crippen LogP contribution in [0.4, 0.5) is 5.69 Å². The Labute approximate surface area is 103 Å². The second-order valence-corrected chi connectivity index (χ2v) is 4.17. The van der Waals surface area contributed by atoms with Crippen LogP contribution < -0.4 is 5.73 Å². The van der Waals surface area contributed by atoms with E-state index < -0.39 is 5.97 Å². The fraction of sp³-hybridized carbons (Fsp3) is 0. The van der Waals surface area contributed by atoms with Gasteiger partial charge in [0.25, 0.3) is 0 Å². The molecule has 0 atom stereocenters. The minimum atomic E-state index is -1.04. The zero-order valence-electron chi connectivity index (χ0n) is 9.31. The number of hydrogen-bond acceptors (Lipinski definition) is 3. The average molecular weight is 239 g/mol. The summed E-state index contributed by atoms with van der Waals surface area (Å²) in [5, 5.41) is 9.18. The van der Waals surface area contributed by atoms with Crippen molar-refractivity contribution in [2.24, 2.45) is 0 Å². The van der Waals surface area contributed by atoms with E-state index in [1.807, 2.05) is 0 Å². The molecule has 88 valence electrons. The van der Waals surface area contributed by atoms with Crippen molar-refractivity contribution in [3.8, 4) is 11.1 Å². The van der Waals surface area contributed by atoms with Crippen LogP contribution in [0.15, 0.2) is 36.4 Å². The standard InChI is InChI=1S/C14H9NO3/c15-7-4-5-8-11(6-7)13(16)9-2-1-3-10(12(8)9)14(17)18/h1-6H,15H2,(H,17,18). The van der Waals surface area contributed by atoms with Gasteiger partial charge in [0.2, 0.25) is 0 Å². The second kappa shape index (κ2) is 3.43. The quantitative estimate of drug-likeness (QED) is 0.638. The molecule has 0 heterocycles. The lowest BCUT2D eigenvalue weighted by atomic mass is 9.99. The average Bonchev–Trinajstić information content (AvgIpc) is 2.63. The predicted octanol–water partition coefficient (Wildman–Crippen LogP) is 2.18. The number of carboxylic acids is 1. The minimum Gasteiger partial charge on any atom is -0.478 e. The molecule has 0 saturated carbocycles. The van der Waals surface area contributed by atoms with Crippen LogP contribution in [0.2, 0.25) is 0 Å². The molecule has 0 unspecified atom stereocenters. The summed E-state index contributed by atoms with van der Waals surface area (Å²) in [6.45, 7) is 0. The van der Waals surface area contributed by atoms with E-state index in [4.69, 9.17) is 5.73 Å². The number of carboxylic acid groups (broad SMARTS) is 1. The van der Waals surface area contributed by atoms with Crippen LogP contribution in [0.25, 0.3) is 11.1 Å². The molecule has 0 spiro atoms. The third-order valence-corrected chi connectivity index (χ3v) is 3.10. The molecule has 4 heteroatoms. The number of carbonyl (C=O) groups is 2. The number of hydrogen-bond donors (Lipinski definition) is 2. The number of nitrogens with two attached hydrogens (primary N) is 1. The third kappa shape index (κ3) is 1.26. The van der Waals surface area contributed by atoms with E-state index in [1.165, 1.54) is 6.07 Å². The normalized spacial score (nSPS) is 12.1. The molecule has 18 heavy (non-hydrogen) atoms. The van der Waals surface area contributed by atoms with Crippen LogP contribution in [-0.4, -0.2) is 16.9 Å². The molecule has 0 aliphatic heterocycles. The van der Waals surface area contributed by atoms with Crippen molar-refractivity contribution in [2.45, 2.75) is 0 Å². The molecule has 3 N–H and O–H groups in total. The molecule has 1 aliphatic rings. The summed E-state index contributed by atoms with van der Waals surface area (Å²) in [7, 11) is 0. The fourth-order valence-electron chi connectivity index (χ4n) is 2.32. The maximum atomic E-state index is 12.2. The van der Waals surface area contributed by atoms with Crippen molar-refractivity contribution in [1.82, 2.24) is 0 Å². The molecule has 2 aromatic carbocycles. The zero-order chi connectivity index (χ0) is 12.9. The maximum Gasteiger partial charge on any atom is 0.336 e. The SMILES string of the molecule is Nc1ccc2c(c1)C(=O)c1cccc(C(=O)O)c1-2. The molecule has 3 rings (SSSR count). The van der Waals surface area contributed by atoms with Crippen molar-refractivity contribution < 1.29 is 14.7 Å². The van der Waals surface area contributed by atoms with Gasteiger partial charge in [0.05, 0.1) is 5.56 Å². The van der Waals surface area contributed by atoms with E-state index in [1.54, 1.807) is 30.3 Å². The summed E-state index contributed by atoms with van der Waals surface area (Å²) >= 11 is 0. The Balaban J connectivity index is 2.39. The second-order valence-electron chi connectivity index (χ2n) is 4.17. The highest BCUT2D eigenvalue weighted by Crippen LogP contribution is 2.39. The van der Waals surface area contributed by atoms with E-state index in [0.717, 1.165) is 0 Å². The smallest absolute Gasteiger partial charge is 0.336 e. The summed E-state index contributed by atoms with van der Waals surface area (Å²) in [6, 6.07) is 9.67. The zero-order valence-corrected chi connectivity index (χ0v) is 9.31. The van der Waals surface area contributed by atoms with Gasteiger partial charge in [0.15, 0.2) is 5.78 Å². The van der Waals surface area contributed by atoms with Crippen LogP contribution in [0.5, 0.6) is 0 Å². The number of anilines is 1. The molecule has 0 saturated heterocycles. The van der Waals surface area contributed by atoms with Gasteiger partial charge in [-0.15, -0.1) is 0 Å². The van der Waals surface area contributed by atoms with Gasteiger partial charge in [-0.2, -0.15) is 0 Å². The first-order valence-electron chi connectivity index (χ1n) is 5.40. The van der Waals surface area contributed by atoms with E-state index in [-0.39, 0.29) is 11.3 Å². The van der Waals surface area contributed by atoms with Crippen LogP contribution in [0, 0.1) is 0 Å². The molecular formula is C14H9NO3. The highest BCUT2D eigenvalue weighted by atomic mass is 16.4. The Bertz CT molecular complexity index is 704. The molecule has 2 aromatic rings. The third-order valence-electron chi connectivity index (χ3n) is 3.10. The molecule has 4 nitrogen and oxygen atoms in total. The Morgan fingerprint density at radius 3 is 2.56 bits per heavy atom. The van der Waals surface area contributed by atoms with Crippen molar-refractivity contribution >= 4 is 17.4 Å². The summed E-state index contributed by atoms with van der Waals surface area (Å²) in [4.78, 5) is 23.4. The lowest BCUT2D eigenvalue weighted by Crippen LogP contribution is -2.00. The van der Waals surface area contributed by atoms with Crippen LogP contribution in [0.1, 0.15) is 26.3 Å². The fourth-order valence-corrected chi connectivity index (χ4v) is 2.32. The molecule has 0 radical (unpaired) electrons. The molecule has 0 amide bonds. The van der Waals surface area contributed by atoms with E-state index in [2.05, 4.69) is 0 Å². The van der Waals surface area contributed by atoms with Gasteiger partial charge in [-0.05, 0) is 23.8 Å². The number of carbonyl (C=O) groups excluding carboxylic acids is 1. The topological polar surface area (TPSA) is 80.4 Å². The minimum absolute atomic E-state index is 0.143. The molecular weight excluding hydrogens is 230 g/mol. The van der Waals surface area contributed by atoms with Gasteiger partial charge in [-0.1, -0.05) is 18.2 Å². The number of benzene rings is 2. The largest absolute Gasteiger partial charge is 0.478 e. The number of ketones is 1. The van der Waals surface area contributed by atoms with Gasteiger partial charge in [-0.25, -0.2) is 4.79 Å². The Hall–Kier alpha value is -2.62. The van der Waals surface area contributed by atoms with Crippen molar-refractivity contribution in [1.29, 1.82) is 0 Å². The predicted molar refractivity (Wildman–Crippen MR) is 66.7 cm³/mol. The summed E-state index contributed by atoms with van der Waals surface area (Å²) in [6.07, 6.45) is 0. The highest BCUT2D eigenvalue weighted by Gasteiger charge is 2.30. The van der Waals surface area contributed by atoms with Crippen molar-refractivity contribution in [3.63, 3.8) is 0 Å². The lowest BCUT2D eigenvalue weighted by Gasteiger charge is -2.04. The Morgan fingerprint density at radius 1 is 1.06 bits per heavy atom. The van der Waals surface area contributed by atoms with Gasteiger partial charge in [0, 0.05) is 22.4 Å². The van der Waals surface area contributed by atoms with Gasteiger partial charge in [0.1, 0.15) is 0 Å². The first-order valence-corrected chi connectivity index (χ1v) is 5.40. The monoisotopic (exact) mass is 239 g/mol. The first kappa shape index (κ1) is 10.5. The van der Waals surface area contributed by atoms with Crippen LogP contribution >= 0.6 is 0 Å². The summed E-state index contributed by atoms with van der Waals surface area (Å²) < 4.78 is 0. The number of rotatable bonds is 1. The first-order chi connectivity index (χ1) is 8.59. The Kier molecular flexibility index (Phi) is 2.01. The Morgan fingerprint density at radius 2 is 1.83 bits per heavy atom. The number of nitrogen functional groups attached to an aromatic ring is 1. The summed E-state index contributed by atoms with van der Waals surface area (Å²) in [5.41, 5.74) is 8.32. The van der Waals surface area contributed by atoms with Gasteiger partial charge in [-0.3, -0.25) is 4.79 Å². The molecule has 1 aliphatic carbocycles. The molecule has 0 bridgehead atoms. The number of fused-ring (bicyclic) bond motifs is 3. The van der Waals surface area contributed by atoms with Crippen molar-refractivity contribution in [3.05, 3.63) is 53.1 Å². The van der Waals surface area contributed by atoms with Gasteiger partial charge >= 0.3 is 5.97 Å². The van der Waals surface area contributed by atoms with E-state index in [9.17, 15) is 14.7 Å².